The standard InChI is InChI=1S/C32H55N5O9/c1-7-14-37(15-8-2)19-26(39)35-22(3)29(42)33-17-25(38)36-24(16-23-12-10-9-11-13-23)28(41)32(21-45-32)20-44-27(40)18-34-30(43)46-31(4,5)6/h22-24H,7-21H2,1-6H3,(H,33,42)(H,34,43)(H,35,39)(H,36,38)/t22-,24-,32+/m0/s1. The van der Waals surface area contributed by atoms with E-state index in [1.807, 2.05) is 18.7 Å². The first-order valence-corrected chi connectivity index (χ1v) is 16.6. The number of ether oxygens (including phenoxy) is 3. The largest absolute Gasteiger partial charge is 0.461 e. The molecule has 0 unspecified atom stereocenters. The Labute approximate surface area is 272 Å². The number of carbonyl (C=O) groups is 6. The molecule has 0 aromatic carbocycles. The zero-order valence-electron chi connectivity index (χ0n) is 28.5. The summed E-state index contributed by atoms with van der Waals surface area (Å²) in [6.07, 6.45) is 6.51. The van der Waals surface area contributed by atoms with Gasteiger partial charge in [0.2, 0.25) is 17.7 Å². The molecule has 1 aliphatic heterocycles. The quantitative estimate of drug-likeness (QED) is 0.118. The van der Waals surface area contributed by atoms with Crippen molar-refractivity contribution in [2.75, 3.05) is 45.9 Å². The van der Waals surface area contributed by atoms with E-state index in [-0.39, 0.29) is 38.1 Å². The molecule has 14 nitrogen and oxygen atoms in total. The van der Waals surface area contributed by atoms with Crippen LogP contribution in [0.4, 0.5) is 4.79 Å². The number of rotatable bonds is 19. The maximum absolute atomic E-state index is 13.7. The van der Waals surface area contributed by atoms with E-state index >= 15 is 0 Å². The summed E-state index contributed by atoms with van der Waals surface area (Å²) in [4.78, 5) is 77.8. The summed E-state index contributed by atoms with van der Waals surface area (Å²) in [6, 6.07) is -1.76. The molecule has 0 aromatic rings. The van der Waals surface area contributed by atoms with Gasteiger partial charge in [-0.1, -0.05) is 46.0 Å². The molecule has 1 heterocycles. The van der Waals surface area contributed by atoms with Crippen molar-refractivity contribution < 1.29 is 43.0 Å². The summed E-state index contributed by atoms with van der Waals surface area (Å²) >= 11 is 0. The summed E-state index contributed by atoms with van der Waals surface area (Å²) in [7, 11) is 0. The van der Waals surface area contributed by atoms with Crippen LogP contribution in [-0.4, -0.2) is 110 Å². The summed E-state index contributed by atoms with van der Waals surface area (Å²) < 4.78 is 15.8. The number of esters is 1. The molecule has 1 saturated heterocycles. The third-order valence-corrected chi connectivity index (χ3v) is 7.77. The van der Waals surface area contributed by atoms with Crippen LogP contribution in [-0.2, 0) is 38.2 Å². The smallest absolute Gasteiger partial charge is 0.408 e. The molecule has 2 rings (SSSR count). The molecule has 0 radical (unpaired) electrons. The van der Waals surface area contributed by atoms with Crippen molar-refractivity contribution in [3.8, 4) is 0 Å². The third kappa shape index (κ3) is 14.4. The van der Waals surface area contributed by atoms with E-state index in [0.29, 0.717) is 6.42 Å². The Hall–Kier alpha value is -3.26. The lowest BCUT2D eigenvalue weighted by Gasteiger charge is -2.28. The number of carbonyl (C=O) groups excluding carboxylic acids is 6. The molecule has 4 amide bonds. The van der Waals surface area contributed by atoms with Crippen LogP contribution in [0.2, 0.25) is 0 Å². The van der Waals surface area contributed by atoms with Gasteiger partial charge in [-0.2, -0.15) is 0 Å². The maximum Gasteiger partial charge on any atom is 0.408 e. The van der Waals surface area contributed by atoms with Gasteiger partial charge in [-0.25, -0.2) is 4.79 Å². The SMILES string of the molecule is CCCN(CCC)CC(=O)N[C@@H](C)C(=O)NCC(=O)N[C@@H](CC1CCCCC1)C(=O)[C@@]1(COC(=O)CNC(=O)OC(C)(C)C)CO1. The summed E-state index contributed by atoms with van der Waals surface area (Å²) in [5.74, 6) is -2.31. The molecular formula is C32H55N5O9. The highest BCUT2D eigenvalue weighted by Crippen LogP contribution is 2.33. The molecule has 2 aliphatic rings. The number of epoxide rings is 1. The average Bonchev–Trinajstić information content (AvgIpc) is 3.78. The van der Waals surface area contributed by atoms with E-state index in [1.54, 1.807) is 27.7 Å². The molecule has 3 atom stereocenters. The second-order valence-corrected chi connectivity index (χ2v) is 13.3. The Bertz CT molecular complexity index is 1050. The van der Waals surface area contributed by atoms with E-state index in [2.05, 4.69) is 21.3 Å². The monoisotopic (exact) mass is 653 g/mol. The molecule has 1 aliphatic carbocycles. The summed E-state index contributed by atoms with van der Waals surface area (Å²) in [6.45, 7) is 11.3. The Kier molecular flexibility index (Phi) is 15.9. The number of hydrogen-bond acceptors (Lipinski definition) is 10. The highest BCUT2D eigenvalue weighted by atomic mass is 16.6. The van der Waals surface area contributed by atoms with Gasteiger partial charge in [0.05, 0.1) is 25.7 Å². The van der Waals surface area contributed by atoms with Crippen LogP contribution in [0.15, 0.2) is 0 Å². The highest BCUT2D eigenvalue weighted by Gasteiger charge is 2.56. The predicted molar refractivity (Wildman–Crippen MR) is 170 cm³/mol. The lowest BCUT2D eigenvalue weighted by Crippen LogP contribution is -2.53. The lowest BCUT2D eigenvalue weighted by atomic mass is 9.82. The van der Waals surface area contributed by atoms with Gasteiger partial charge in [0, 0.05) is 0 Å². The van der Waals surface area contributed by atoms with E-state index in [0.717, 1.165) is 58.0 Å². The number of nitrogens with one attached hydrogen (secondary N) is 4. The van der Waals surface area contributed by atoms with Gasteiger partial charge in [0.25, 0.3) is 0 Å². The molecule has 2 fully saturated rings. The van der Waals surface area contributed by atoms with Crippen molar-refractivity contribution >= 4 is 35.6 Å². The van der Waals surface area contributed by atoms with Gasteiger partial charge in [-0.3, -0.25) is 28.9 Å². The van der Waals surface area contributed by atoms with Crippen LogP contribution in [0.3, 0.4) is 0 Å². The van der Waals surface area contributed by atoms with Gasteiger partial charge in [0.15, 0.2) is 11.4 Å². The zero-order chi connectivity index (χ0) is 34.3. The van der Waals surface area contributed by atoms with Crippen molar-refractivity contribution in [2.24, 2.45) is 5.92 Å². The third-order valence-electron chi connectivity index (χ3n) is 7.77. The fourth-order valence-electron chi connectivity index (χ4n) is 5.42. The molecule has 46 heavy (non-hydrogen) atoms. The van der Waals surface area contributed by atoms with Gasteiger partial charge >= 0.3 is 12.1 Å². The topological polar surface area (TPSA) is 185 Å². The van der Waals surface area contributed by atoms with Gasteiger partial charge in [-0.15, -0.1) is 0 Å². The fourth-order valence-corrected chi connectivity index (χ4v) is 5.42. The molecular weight excluding hydrogens is 598 g/mol. The molecule has 0 aromatic heterocycles. The van der Waals surface area contributed by atoms with Crippen molar-refractivity contribution in [3.63, 3.8) is 0 Å². The number of ketones is 1. The van der Waals surface area contributed by atoms with E-state index in [9.17, 15) is 28.8 Å². The number of nitrogens with zero attached hydrogens (tertiary/aromatic N) is 1. The minimum Gasteiger partial charge on any atom is -0.461 e. The first-order chi connectivity index (χ1) is 21.7. The van der Waals surface area contributed by atoms with Crippen molar-refractivity contribution in [1.82, 2.24) is 26.2 Å². The number of Topliss-reactive ketones (excluding diaryl/α,β-unsaturated/α-hetero) is 1. The van der Waals surface area contributed by atoms with Crippen LogP contribution in [0, 0.1) is 5.92 Å². The average molecular weight is 654 g/mol. The van der Waals surface area contributed by atoms with Crippen molar-refractivity contribution in [2.45, 2.75) is 116 Å². The van der Waals surface area contributed by atoms with Crippen LogP contribution in [0.1, 0.15) is 92.9 Å². The van der Waals surface area contributed by atoms with Crippen LogP contribution < -0.4 is 21.3 Å². The first kappa shape index (κ1) is 38.9. The summed E-state index contributed by atoms with van der Waals surface area (Å²) in [5, 5.41) is 10.3. The fraction of sp³-hybridized carbons (Fsp3) is 0.812. The highest BCUT2D eigenvalue weighted by molar-refractivity contribution is 5.98. The Morgan fingerprint density at radius 1 is 0.913 bits per heavy atom. The summed E-state index contributed by atoms with van der Waals surface area (Å²) in [5.41, 5.74) is -2.12. The molecule has 14 heteroatoms. The minimum absolute atomic E-state index is 0.0253. The van der Waals surface area contributed by atoms with Crippen LogP contribution in [0.5, 0.6) is 0 Å². The van der Waals surface area contributed by atoms with Crippen molar-refractivity contribution in [1.29, 1.82) is 0 Å². The molecule has 0 spiro atoms. The van der Waals surface area contributed by atoms with E-state index in [4.69, 9.17) is 14.2 Å². The van der Waals surface area contributed by atoms with Crippen LogP contribution >= 0.6 is 0 Å². The second-order valence-electron chi connectivity index (χ2n) is 13.3. The zero-order valence-corrected chi connectivity index (χ0v) is 28.5. The maximum atomic E-state index is 13.7. The lowest BCUT2D eigenvalue weighted by molar-refractivity contribution is -0.147. The molecule has 0 bridgehead atoms. The van der Waals surface area contributed by atoms with Crippen LogP contribution in [0.25, 0.3) is 0 Å². The van der Waals surface area contributed by atoms with E-state index in [1.165, 1.54) is 0 Å². The number of hydrogen-bond donors (Lipinski definition) is 4. The first-order valence-electron chi connectivity index (χ1n) is 16.6. The van der Waals surface area contributed by atoms with E-state index < -0.39 is 59.5 Å². The molecule has 1 saturated carbocycles. The normalized spacial score (nSPS) is 19.4. The molecule has 262 valence electrons. The number of amides is 4. The van der Waals surface area contributed by atoms with Gasteiger partial charge < -0.3 is 35.5 Å². The Morgan fingerprint density at radius 2 is 1.54 bits per heavy atom. The number of alkyl carbamates (subject to hydrolysis) is 1. The second kappa shape index (κ2) is 18.8. The van der Waals surface area contributed by atoms with Gasteiger partial charge in [-0.05, 0) is 66.0 Å². The Morgan fingerprint density at radius 3 is 2.11 bits per heavy atom. The minimum atomic E-state index is -1.39. The Balaban J connectivity index is 1.92. The molecule has 4 N–H and O–H groups in total. The van der Waals surface area contributed by atoms with Crippen molar-refractivity contribution in [3.05, 3.63) is 0 Å². The van der Waals surface area contributed by atoms with Gasteiger partial charge in [0.1, 0.15) is 24.8 Å². The predicted octanol–water partition coefficient (Wildman–Crippen LogP) is 1.59.